The van der Waals surface area contributed by atoms with Gasteiger partial charge in [-0.1, -0.05) is 24.0 Å². The molecule has 8 rings (SSSR count). The van der Waals surface area contributed by atoms with Gasteiger partial charge in [0.15, 0.2) is 0 Å². The van der Waals surface area contributed by atoms with Gasteiger partial charge < -0.3 is 35.4 Å². The molecule has 2 unspecified atom stereocenters. The quantitative estimate of drug-likeness (QED) is 0.0381. The zero-order chi connectivity index (χ0) is 59.6. The number of methoxy groups -OCH3 is 1. The van der Waals surface area contributed by atoms with Gasteiger partial charge in [0.25, 0.3) is 5.91 Å². The Labute approximate surface area is 464 Å². The van der Waals surface area contributed by atoms with E-state index < -0.39 is 120 Å². The number of hydrazine groups is 1. The number of piperazine rings is 1. The molecule has 6 atom stereocenters. The van der Waals surface area contributed by atoms with Gasteiger partial charge in [0, 0.05) is 79.5 Å². The second-order valence-electron chi connectivity index (χ2n) is 22.0. The molecule has 4 aliphatic rings. The van der Waals surface area contributed by atoms with Crippen molar-refractivity contribution in [3.05, 3.63) is 94.9 Å². The Kier molecular flexibility index (Phi) is 18.1. The summed E-state index contributed by atoms with van der Waals surface area (Å²) in [7, 11) is 0.828. The number of amides is 4. The summed E-state index contributed by atoms with van der Waals surface area (Å²) in [5.41, 5.74) is -4.28. The Balaban J connectivity index is 1.08. The van der Waals surface area contributed by atoms with Crippen LogP contribution < -0.4 is 26.3 Å². The first-order valence-corrected chi connectivity index (χ1v) is 26.2. The van der Waals surface area contributed by atoms with Crippen molar-refractivity contribution in [3.63, 3.8) is 0 Å². The van der Waals surface area contributed by atoms with Gasteiger partial charge in [-0.15, -0.1) is 0 Å². The second kappa shape index (κ2) is 24.4. The second-order valence-corrected chi connectivity index (χ2v) is 22.0. The number of hydrogen-bond acceptors (Lipinski definition) is 13. The number of aliphatic hydroxyl groups excluding tert-OH is 1. The van der Waals surface area contributed by atoms with E-state index in [2.05, 4.69) is 57.5 Å². The van der Waals surface area contributed by atoms with Crippen LogP contribution in [-0.2, 0) is 36.8 Å². The van der Waals surface area contributed by atoms with Crippen LogP contribution in [0.5, 0.6) is 0 Å². The highest BCUT2D eigenvalue weighted by Crippen LogP contribution is 2.43. The fourth-order valence-electron chi connectivity index (χ4n) is 9.99. The fraction of sp³-hybridized carbons (Fsp3) is 0.537. The highest BCUT2D eigenvalue weighted by Gasteiger charge is 2.57. The third-order valence-corrected chi connectivity index (χ3v) is 15.4. The average molecular weight is 1170 g/mol. The number of fused-ring (bicyclic) bond motifs is 2. The molecule has 4 fully saturated rings. The molecule has 4 aromatic rings. The van der Waals surface area contributed by atoms with E-state index in [0.29, 0.717) is 92.9 Å². The molecule has 18 nitrogen and oxygen atoms in total. The minimum atomic E-state index is -5.17. The Morgan fingerprint density at radius 2 is 1.37 bits per heavy atom. The van der Waals surface area contributed by atoms with E-state index in [9.17, 15) is 59.4 Å². The third-order valence-electron chi connectivity index (χ3n) is 15.4. The van der Waals surface area contributed by atoms with Crippen LogP contribution in [0, 0.1) is 40.2 Å². The zero-order valence-corrected chi connectivity index (χ0v) is 45.1. The first kappa shape index (κ1) is 61.0. The molecule has 1 saturated carbocycles. The molecule has 1 aliphatic carbocycles. The number of hydrogen-bond donors (Lipinski definition) is 5. The fourth-order valence-corrected chi connectivity index (χ4v) is 9.99. The van der Waals surface area contributed by atoms with Crippen LogP contribution in [0.1, 0.15) is 82.2 Å². The molecule has 2 bridgehead atoms. The van der Waals surface area contributed by atoms with Gasteiger partial charge in [-0.2, -0.15) is 40.2 Å². The first-order chi connectivity index (χ1) is 38.5. The molecular formula is C54H61F10N11O7. The van der Waals surface area contributed by atoms with Gasteiger partial charge in [0.1, 0.15) is 23.7 Å². The minimum Gasteiger partial charge on any atom is -0.453 e. The Hall–Kier alpha value is -7.09. The van der Waals surface area contributed by atoms with Crippen LogP contribution in [0.15, 0.2) is 61.1 Å². The molecule has 82 heavy (non-hydrogen) atoms. The number of carbonyl (C=O) groups excluding carboxylic acids is 4. The average Bonchev–Trinajstić information content (AvgIpc) is 4.24. The summed E-state index contributed by atoms with van der Waals surface area (Å²) in [4.78, 5) is 67.6. The molecule has 2 aromatic heterocycles. The molecule has 28 heteroatoms. The molecule has 3 saturated heterocycles. The lowest BCUT2D eigenvalue weighted by Gasteiger charge is -2.47. The van der Waals surface area contributed by atoms with Crippen LogP contribution >= 0.6 is 0 Å². The molecule has 5 heterocycles. The minimum absolute atomic E-state index is 0.210. The lowest BCUT2D eigenvalue weighted by molar-refractivity contribution is -0.222. The van der Waals surface area contributed by atoms with E-state index in [1.807, 2.05) is 5.32 Å². The largest absolute Gasteiger partial charge is 0.453 e. The maximum absolute atomic E-state index is 16.1. The maximum Gasteiger partial charge on any atom is 0.407 e. The zero-order valence-electron chi connectivity index (χ0n) is 45.1. The van der Waals surface area contributed by atoms with E-state index >= 15 is 8.78 Å². The van der Waals surface area contributed by atoms with Gasteiger partial charge in [-0.05, 0) is 95.7 Å². The number of nitrogens with zero attached hydrogens (tertiary/aromatic N) is 7. The van der Waals surface area contributed by atoms with Crippen molar-refractivity contribution >= 4 is 29.8 Å². The van der Waals surface area contributed by atoms with Crippen LogP contribution in [0.25, 0.3) is 11.3 Å². The van der Waals surface area contributed by atoms with E-state index in [0.717, 1.165) is 58.5 Å². The number of alkyl carbamates (subject to hydrolysis) is 1. The van der Waals surface area contributed by atoms with E-state index in [4.69, 9.17) is 4.74 Å². The summed E-state index contributed by atoms with van der Waals surface area (Å²) >= 11 is 0. The van der Waals surface area contributed by atoms with Gasteiger partial charge in [0.05, 0.1) is 60.6 Å². The Morgan fingerprint density at radius 1 is 0.793 bits per heavy atom. The molecule has 4 amide bonds. The van der Waals surface area contributed by atoms with Crippen molar-refractivity contribution in [2.45, 2.75) is 128 Å². The summed E-state index contributed by atoms with van der Waals surface area (Å²) in [6.45, 7) is 0.154. The highest BCUT2D eigenvalue weighted by molar-refractivity contribution is 5.90. The van der Waals surface area contributed by atoms with Crippen LogP contribution in [0.3, 0.4) is 0 Å². The number of benzene rings is 2. The van der Waals surface area contributed by atoms with Gasteiger partial charge >= 0.3 is 25.0 Å². The number of nitrogens with one attached hydrogen (secondary N) is 4. The SMILES string of the molecule is COC(=O)N[C@H](C(=O)N[C@@H](Cc1ccc(C#Cc2cnc(N3CC4CCC(C3)N4C3COC3)nc2)cc1)[C@@H](O)CN(Cc1c(F)cc(-c2ccn(C(F)F)n2)cc1F)NC(=O)[C@@H](NC(=O)C1CC1)C(C)(C)C(F)(F)F)C(C)(C)C(F)(F)F. The van der Waals surface area contributed by atoms with Gasteiger partial charge in [0.2, 0.25) is 17.8 Å². The molecule has 2 aromatic carbocycles. The number of rotatable bonds is 20. The molecule has 5 N–H and O–H groups in total. The van der Waals surface area contributed by atoms with Crippen molar-refractivity contribution in [2.24, 2.45) is 16.7 Å². The topological polar surface area (TPSA) is 208 Å². The number of ether oxygens (including phenoxy) is 2. The van der Waals surface area contributed by atoms with Crippen molar-refractivity contribution in [1.82, 2.24) is 51.0 Å². The summed E-state index contributed by atoms with van der Waals surface area (Å²) in [6.07, 6.45) is -7.59. The highest BCUT2D eigenvalue weighted by atomic mass is 19.4. The summed E-state index contributed by atoms with van der Waals surface area (Å²) in [5.74, 6) is -0.998. The predicted octanol–water partition coefficient (Wildman–Crippen LogP) is 6.18. The first-order valence-electron chi connectivity index (χ1n) is 26.2. The van der Waals surface area contributed by atoms with Gasteiger partial charge in [-0.3, -0.25) is 24.7 Å². The Bertz CT molecular complexity index is 2980. The third kappa shape index (κ3) is 13.9. The van der Waals surface area contributed by atoms with E-state index in [1.54, 1.807) is 12.4 Å². The standard InChI is InChI=1S/C54H61F10N11O7/c1-51(2,53(59,60)61)43(69-50(80)81-5)46(78)67-41(18-30-9-6-29(7-10-30)8-11-31-21-65-49(66-22-31)72-23-34-14-15-35(24-72)75(34)36-27-82-28-36)42(76)26-73(71-47(79)44(52(3,4)54(62,63)64)68-45(77)32-12-13-32)25-37-38(55)19-33(20-39(37)56)40-16-17-74(70-40)48(57)58/h6-7,9-10,16-17,19-22,32,34-36,41-44,48,76H,12-15,18,23-28H2,1-5H3,(H,67,78)(H,68,77)(H,69,80)(H,71,79)/t34?,35?,41-,42-,43+,44+/m0/s1. The number of carbonyl (C=O) groups is 4. The van der Waals surface area contributed by atoms with Crippen LogP contribution in [0.4, 0.5) is 54.6 Å². The Morgan fingerprint density at radius 3 is 1.88 bits per heavy atom. The molecule has 444 valence electrons. The number of alkyl halides is 8. The van der Waals surface area contributed by atoms with Crippen molar-refractivity contribution < 1.29 is 77.7 Å². The van der Waals surface area contributed by atoms with Gasteiger partial charge in [-0.25, -0.2) is 33.2 Å². The van der Waals surface area contributed by atoms with Crippen molar-refractivity contribution in [3.8, 4) is 23.1 Å². The number of aliphatic hydroxyl groups is 1. The summed E-state index contributed by atoms with van der Waals surface area (Å²) in [5, 5.41) is 22.6. The maximum atomic E-state index is 16.1. The van der Waals surface area contributed by atoms with E-state index in [-0.39, 0.29) is 21.5 Å². The number of aromatic nitrogens is 4. The normalized spacial score (nSPS) is 19.4. The van der Waals surface area contributed by atoms with Crippen LogP contribution in [-0.4, -0.2) is 153 Å². The molecular weight excluding hydrogens is 1100 g/mol. The smallest absolute Gasteiger partial charge is 0.407 e. The molecule has 0 spiro atoms. The predicted molar refractivity (Wildman–Crippen MR) is 273 cm³/mol. The lowest BCUT2D eigenvalue weighted by Crippen LogP contribution is -2.63. The lowest BCUT2D eigenvalue weighted by atomic mass is 9.82. The van der Waals surface area contributed by atoms with Crippen molar-refractivity contribution in [2.75, 3.05) is 44.9 Å². The van der Waals surface area contributed by atoms with E-state index in [1.165, 1.54) is 24.3 Å². The number of anilines is 1. The monoisotopic (exact) mass is 1170 g/mol. The van der Waals surface area contributed by atoms with Crippen LogP contribution in [0.2, 0.25) is 0 Å². The number of halogens is 10. The molecule has 3 aliphatic heterocycles. The summed E-state index contributed by atoms with van der Waals surface area (Å²) in [6, 6.07) is 3.03. The molecule has 0 radical (unpaired) electrons. The van der Waals surface area contributed by atoms with Crippen molar-refractivity contribution in [1.29, 1.82) is 0 Å². The summed E-state index contributed by atoms with van der Waals surface area (Å²) < 4.78 is 157.